The summed E-state index contributed by atoms with van der Waals surface area (Å²) in [4.78, 5) is 24.7. The molecule has 0 saturated carbocycles. The molecule has 2 amide bonds. The molecular weight excluding hydrogens is 522 g/mol. The fourth-order valence-electron chi connectivity index (χ4n) is 2.90. The van der Waals surface area contributed by atoms with Crippen LogP contribution in [0, 0.1) is 11.3 Å². The number of carbonyl (C=O) groups excluding carboxylic acids is 2. The lowest BCUT2D eigenvalue weighted by molar-refractivity contribution is -0.118. The minimum atomic E-state index is -0.585. The van der Waals surface area contributed by atoms with Crippen LogP contribution < -0.4 is 20.1 Å². The van der Waals surface area contributed by atoms with Crippen molar-refractivity contribution < 1.29 is 19.1 Å². The monoisotopic (exact) mass is 539 g/mol. The van der Waals surface area contributed by atoms with Gasteiger partial charge in [-0.25, -0.2) is 0 Å². The summed E-state index contributed by atoms with van der Waals surface area (Å²) >= 11 is 9.34. The maximum atomic E-state index is 12.5. The molecule has 0 bridgehead atoms. The molecule has 3 rings (SSSR count). The van der Waals surface area contributed by atoms with Crippen LogP contribution in [0.5, 0.6) is 11.5 Å². The molecule has 3 aromatic carbocycles. The van der Waals surface area contributed by atoms with Crippen molar-refractivity contribution in [1.82, 2.24) is 0 Å². The number of hydrogen-bond donors (Lipinski definition) is 2. The van der Waals surface area contributed by atoms with E-state index in [1.807, 2.05) is 24.3 Å². The van der Waals surface area contributed by atoms with Gasteiger partial charge < -0.3 is 20.1 Å². The van der Waals surface area contributed by atoms with Crippen LogP contribution in [0.25, 0.3) is 6.08 Å². The molecule has 0 atom stereocenters. The highest BCUT2D eigenvalue weighted by Gasteiger charge is 2.15. The number of para-hydroxylation sites is 1. The quantitative estimate of drug-likeness (QED) is 0.283. The minimum Gasteiger partial charge on any atom is -0.493 e. The Kier molecular flexibility index (Phi) is 8.68. The number of anilines is 2. The number of rotatable bonds is 8. The van der Waals surface area contributed by atoms with E-state index < -0.39 is 5.91 Å². The maximum absolute atomic E-state index is 12.5. The third kappa shape index (κ3) is 6.85. The van der Waals surface area contributed by atoms with Gasteiger partial charge in [-0.2, -0.15) is 5.26 Å². The van der Waals surface area contributed by atoms with Gasteiger partial charge in [-0.1, -0.05) is 35.9 Å². The average Bonchev–Trinajstić information content (AvgIpc) is 2.82. The number of benzene rings is 3. The Balaban J connectivity index is 1.74. The van der Waals surface area contributed by atoms with Gasteiger partial charge in [0.25, 0.3) is 11.8 Å². The molecule has 0 aliphatic heterocycles. The minimum absolute atomic E-state index is 0.121. The molecule has 0 heterocycles. The molecule has 2 N–H and O–H groups in total. The van der Waals surface area contributed by atoms with Gasteiger partial charge in [0.2, 0.25) is 0 Å². The number of methoxy groups -OCH3 is 1. The summed E-state index contributed by atoms with van der Waals surface area (Å²) in [5.74, 6) is -0.295. The van der Waals surface area contributed by atoms with Crippen LogP contribution in [0.15, 0.2) is 76.8 Å². The van der Waals surface area contributed by atoms with Crippen molar-refractivity contribution in [2.45, 2.75) is 0 Å². The van der Waals surface area contributed by atoms with Crippen LogP contribution in [-0.4, -0.2) is 25.5 Å². The summed E-state index contributed by atoms with van der Waals surface area (Å²) in [6.07, 6.45) is 1.42. The topological polar surface area (TPSA) is 100 Å². The Morgan fingerprint density at radius 3 is 2.47 bits per heavy atom. The average molecular weight is 541 g/mol. The summed E-state index contributed by atoms with van der Waals surface area (Å²) in [7, 11) is 1.45. The second-order valence-corrected chi connectivity index (χ2v) is 8.16. The lowest BCUT2D eigenvalue weighted by atomic mass is 10.1. The van der Waals surface area contributed by atoms with Crippen LogP contribution >= 0.6 is 27.5 Å². The number of nitriles is 1. The predicted molar refractivity (Wildman–Crippen MR) is 135 cm³/mol. The molecule has 0 unspecified atom stereocenters. The van der Waals surface area contributed by atoms with Crippen LogP contribution in [0.1, 0.15) is 5.56 Å². The second-order valence-electron chi connectivity index (χ2n) is 6.87. The van der Waals surface area contributed by atoms with Crippen molar-refractivity contribution in [1.29, 1.82) is 5.26 Å². The van der Waals surface area contributed by atoms with Gasteiger partial charge in [-0.05, 0) is 70.0 Å². The third-order valence-electron chi connectivity index (χ3n) is 4.42. The number of hydrogen-bond acceptors (Lipinski definition) is 5. The molecule has 172 valence electrons. The van der Waals surface area contributed by atoms with Gasteiger partial charge in [0.15, 0.2) is 18.1 Å². The maximum Gasteiger partial charge on any atom is 0.266 e. The van der Waals surface area contributed by atoms with Crippen LogP contribution in [-0.2, 0) is 9.59 Å². The Labute approximate surface area is 210 Å². The van der Waals surface area contributed by atoms with Gasteiger partial charge in [-0.15, -0.1) is 0 Å². The zero-order chi connectivity index (χ0) is 24.5. The van der Waals surface area contributed by atoms with E-state index in [-0.39, 0.29) is 18.1 Å². The first-order valence-corrected chi connectivity index (χ1v) is 11.1. The van der Waals surface area contributed by atoms with Crippen LogP contribution in [0.2, 0.25) is 5.02 Å². The highest BCUT2D eigenvalue weighted by atomic mass is 79.9. The molecule has 34 heavy (non-hydrogen) atoms. The molecular formula is C25H19BrClN3O4. The van der Waals surface area contributed by atoms with Crippen molar-refractivity contribution >= 4 is 56.8 Å². The zero-order valence-electron chi connectivity index (χ0n) is 18.0. The van der Waals surface area contributed by atoms with Crippen molar-refractivity contribution in [2.24, 2.45) is 0 Å². The summed E-state index contributed by atoms with van der Waals surface area (Å²) in [6, 6.07) is 20.8. The highest BCUT2D eigenvalue weighted by Crippen LogP contribution is 2.37. The van der Waals surface area contributed by atoms with E-state index in [1.165, 1.54) is 13.2 Å². The Morgan fingerprint density at radius 2 is 1.79 bits per heavy atom. The van der Waals surface area contributed by atoms with Gasteiger partial charge in [0.1, 0.15) is 11.6 Å². The number of amides is 2. The second kappa shape index (κ2) is 11.9. The lowest BCUT2D eigenvalue weighted by Gasteiger charge is -2.14. The number of carbonyl (C=O) groups is 2. The van der Waals surface area contributed by atoms with E-state index in [4.69, 9.17) is 21.1 Å². The van der Waals surface area contributed by atoms with Crippen LogP contribution in [0.4, 0.5) is 11.4 Å². The molecule has 0 saturated heterocycles. The first-order valence-electron chi connectivity index (χ1n) is 9.93. The Bertz CT molecular complexity index is 1270. The third-order valence-corrected chi connectivity index (χ3v) is 5.24. The normalized spacial score (nSPS) is 10.7. The smallest absolute Gasteiger partial charge is 0.266 e. The standard InChI is InChI=1S/C25H19BrClN3O4/c1-33-22-12-16(10-17(14-28)25(32)30-20-9-5-6-18(27)13-20)11-21(26)24(22)34-15-23(31)29-19-7-3-2-4-8-19/h2-13H,15H2,1H3,(H,29,31)(H,30,32)/b17-10+. The zero-order valence-corrected chi connectivity index (χ0v) is 20.3. The molecule has 7 nitrogen and oxygen atoms in total. The first kappa shape index (κ1) is 24.8. The van der Waals surface area contributed by atoms with Gasteiger partial charge in [0, 0.05) is 16.4 Å². The number of halogens is 2. The molecule has 0 radical (unpaired) electrons. The van der Waals surface area contributed by atoms with E-state index >= 15 is 0 Å². The summed E-state index contributed by atoms with van der Waals surface area (Å²) in [6.45, 7) is -0.246. The van der Waals surface area contributed by atoms with E-state index in [9.17, 15) is 14.9 Å². The van der Waals surface area contributed by atoms with E-state index in [1.54, 1.807) is 48.5 Å². The molecule has 0 aliphatic rings. The summed E-state index contributed by atoms with van der Waals surface area (Å²) in [5.41, 5.74) is 1.52. The number of nitrogens with one attached hydrogen (secondary N) is 2. The van der Waals surface area contributed by atoms with Gasteiger partial charge >= 0.3 is 0 Å². The number of ether oxygens (including phenoxy) is 2. The van der Waals surface area contributed by atoms with Crippen molar-refractivity contribution in [3.05, 3.63) is 87.4 Å². The first-order chi connectivity index (χ1) is 16.4. The van der Waals surface area contributed by atoms with E-state index in [0.717, 1.165) is 0 Å². The molecule has 0 aromatic heterocycles. The van der Waals surface area contributed by atoms with Gasteiger partial charge in [-0.3, -0.25) is 9.59 Å². The molecule has 0 fully saturated rings. The lowest BCUT2D eigenvalue weighted by Crippen LogP contribution is -2.20. The SMILES string of the molecule is COc1cc(/C=C(\C#N)C(=O)Nc2cccc(Cl)c2)cc(Br)c1OCC(=O)Nc1ccccc1. The Morgan fingerprint density at radius 1 is 1.06 bits per heavy atom. The van der Waals surface area contributed by atoms with Crippen molar-refractivity contribution in [3.63, 3.8) is 0 Å². The highest BCUT2D eigenvalue weighted by molar-refractivity contribution is 9.10. The molecule has 0 spiro atoms. The molecule has 3 aromatic rings. The van der Waals surface area contributed by atoms with E-state index in [0.29, 0.717) is 37.9 Å². The van der Waals surface area contributed by atoms with E-state index in [2.05, 4.69) is 26.6 Å². The summed E-state index contributed by atoms with van der Waals surface area (Å²) in [5, 5.41) is 15.3. The largest absolute Gasteiger partial charge is 0.493 e. The molecule has 0 aliphatic carbocycles. The predicted octanol–water partition coefficient (Wildman–Crippen LogP) is 5.67. The Hall–Kier alpha value is -3.80. The fourth-order valence-corrected chi connectivity index (χ4v) is 3.66. The van der Waals surface area contributed by atoms with Crippen molar-refractivity contribution in [2.75, 3.05) is 24.4 Å². The fraction of sp³-hybridized carbons (Fsp3) is 0.0800. The number of nitrogens with zero attached hydrogens (tertiary/aromatic N) is 1. The summed E-state index contributed by atoms with van der Waals surface area (Å²) < 4.78 is 11.5. The molecule has 9 heteroatoms. The van der Waals surface area contributed by atoms with Crippen molar-refractivity contribution in [3.8, 4) is 17.6 Å². The van der Waals surface area contributed by atoms with Crippen LogP contribution in [0.3, 0.4) is 0 Å². The van der Waals surface area contributed by atoms with Gasteiger partial charge in [0.05, 0.1) is 11.6 Å².